The van der Waals surface area contributed by atoms with Crippen molar-refractivity contribution >= 4 is 15.9 Å². The number of ether oxygens (including phenoxy) is 1. The lowest BCUT2D eigenvalue weighted by Gasteiger charge is -2.13. The van der Waals surface area contributed by atoms with Crippen LogP contribution in [0.5, 0.6) is 5.75 Å². The minimum atomic E-state index is -0.409. The van der Waals surface area contributed by atoms with Gasteiger partial charge in [-0.15, -0.1) is 0 Å². The van der Waals surface area contributed by atoms with E-state index in [9.17, 15) is 8.78 Å². The van der Waals surface area contributed by atoms with Crippen LogP contribution in [-0.2, 0) is 6.61 Å². The smallest absolute Gasteiger partial charge is 0.165 e. The number of hydrogen-bond donors (Lipinski definition) is 1. The van der Waals surface area contributed by atoms with E-state index in [1.807, 2.05) is 20.0 Å². The third kappa shape index (κ3) is 4.02. The fourth-order valence-corrected chi connectivity index (χ4v) is 2.33. The summed E-state index contributed by atoms with van der Waals surface area (Å²) in [6.45, 7) is 2.11. The van der Waals surface area contributed by atoms with Gasteiger partial charge in [-0.25, -0.2) is 8.78 Å². The summed E-state index contributed by atoms with van der Waals surface area (Å²) in [4.78, 5) is 0. The molecule has 0 aliphatic rings. The maximum Gasteiger partial charge on any atom is 0.165 e. The first-order valence-electron chi connectivity index (χ1n) is 6.54. The standard InChI is InChI=1S/C16H16BrF2NO/c1-10(20-2)11-4-6-16(15(19)7-11)21-9-12-3-5-13(18)8-14(12)17/h3-8,10,20H,9H2,1-2H3. The molecule has 0 heterocycles. The van der Waals surface area contributed by atoms with Crippen molar-refractivity contribution in [1.29, 1.82) is 0 Å². The van der Waals surface area contributed by atoms with Crippen molar-refractivity contribution in [3.8, 4) is 5.75 Å². The third-order valence-electron chi connectivity index (χ3n) is 3.29. The van der Waals surface area contributed by atoms with E-state index in [1.165, 1.54) is 18.2 Å². The van der Waals surface area contributed by atoms with Gasteiger partial charge in [-0.1, -0.05) is 28.1 Å². The van der Waals surface area contributed by atoms with Crippen molar-refractivity contribution < 1.29 is 13.5 Å². The fourth-order valence-electron chi connectivity index (χ4n) is 1.86. The average molecular weight is 356 g/mol. The van der Waals surface area contributed by atoms with Crippen molar-refractivity contribution in [2.24, 2.45) is 0 Å². The van der Waals surface area contributed by atoms with Gasteiger partial charge in [-0.05, 0) is 43.8 Å². The van der Waals surface area contributed by atoms with E-state index < -0.39 is 5.82 Å². The van der Waals surface area contributed by atoms with Crippen LogP contribution in [0.3, 0.4) is 0 Å². The van der Waals surface area contributed by atoms with Crippen molar-refractivity contribution in [3.05, 3.63) is 63.6 Å². The lowest BCUT2D eigenvalue weighted by molar-refractivity contribution is 0.289. The van der Waals surface area contributed by atoms with Gasteiger partial charge in [-0.2, -0.15) is 0 Å². The summed E-state index contributed by atoms with van der Waals surface area (Å²) in [5, 5.41) is 3.05. The van der Waals surface area contributed by atoms with Gasteiger partial charge in [0.25, 0.3) is 0 Å². The first-order chi connectivity index (χ1) is 10.0. The van der Waals surface area contributed by atoms with Crippen molar-refractivity contribution in [1.82, 2.24) is 5.32 Å². The highest BCUT2D eigenvalue weighted by atomic mass is 79.9. The van der Waals surface area contributed by atoms with Crippen molar-refractivity contribution in [2.45, 2.75) is 19.6 Å². The number of nitrogens with one attached hydrogen (secondary N) is 1. The molecule has 112 valence electrons. The molecule has 0 bridgehead atoms. The maximum absolute atomic E-state index is 14.0. The van der Waals surface area contributed by atoms with E-state index in [0.29, 0.717) is 4.47 Å². The quantitative estimate of drug-likeness (QED) is 0.846. The van der Waals surface area contributed by atoms with Gasteiger partial charge in [0.05, 0.1) is 0 Å². The monoisotopic (exact) mass is 355 g/mol. The second-order valence-electron chi connectivity index (χ2n) is 4.72. The van der Waals surface area contributed by atoms with Gasteiger partial charge in [0.1, 0.15) is 12.4 Å². The number of hydrogen-bond acceptors (Lipinski definition) is 2. The molecule has 1 N–H and O–H groups in total. The van der Waals surface area contributed by atoms with Gasteiger partial charge in [0.15, 0.2) is 11.6 Å². The van der Waals surface area contributed by atoms with Crippen LogP contribution in [0, 0.1) is 11.6 Å². The first-order valence-corrected chi connectivity index (χ1v) is 7.34. The number of benzene rings is 2. The molecule has 0 radical (unpaired) electrons. The van der Waals surface area contributed by atoms with Crippen LogP contribution in [0.25, 0.3) is 0 Å². The predicted molar refractivity (Wildman–Crippen MR) is 82.3 cm³/mol. The Labute approximate surface area is 131 Å². The first kappa shape index (κ1) is 15.9. The summed E-state index contributed by atoms with van der Waals surface area (Å²) in [5.74, 6) is -0.562. The zero-order valence-corrected chi connectivity index (χ0v) is 13.4. The molecule has 5 heteroatoms. The summed E-state index contributed by atoms with van der Waals surface area (Å²) in [5.41, 5.74) is 1.61. The van der Waals surface area contributed by atoms with Crippen LogP contribution in [0.2, 0.25) is 0 Å². The molecular formula is C16H16BrF2NO. The molecule has 2 aromatic carbocycles. The SMILES string of the molecule is CNC(C)c1ccc(OCc2ccc(F)cc2Br)c(F)c1. The molecule has 0 aliphatic carbocycles. The second kappa shape index (κ2) is 7.00. The minimum absolute atomic E-state index is 0.0693. The molecule has 0 fully saturated rings. The second-order valence-corrected chi connectivity index (χ2v) is 5.58. The highest BCUT2D eigenvalue weighted by Gasteiger charge is 2.10. The zero-order valence-electron chi connectivity index (χ0n) is 11.8. The highest BCUT2D eigenvalue weighted by Crippen LogP contribution is 2.24. The lowest BCUT2D eigenvalue weighted by Crippen LogP contribution is -2.12. The fraction of sp³-hybridized carbons (Fsp3) is 0.250. The minimum Gasteiger partial charge on any atom is -0.486 e. The Hall–Kier alpha value is -1.46. The van der Waals surface area contributed by atoms with Crippen molar-refractivity contribution in [2.75, 3.05) is 7.05 Å². The molecule has 0 spiro atoms. The van der Waals surface area contributed by atoms with E-state index in [-0.39, 0.29) is 24.2 Å². The molecule has 2 aromatic rings. The van der Waals surface area contributed by atoms with Gasteiger partial charge in [0.2, 0.25) is 0 Å². The van der Waals surface area contributed by atoms with Crippen LogP contribution in [0.1, 0.15) is 24.1 Å². The Morgan fingerprint density at radius 3 is 2.57 bits per heavy atom. The van der Waals surface area contributed by atoms with Crippen LogP contribution < -0.4 is 10.1 Å². The van der Waals surface area contributed by atoms with E-state index in [4.69, 9.17) is 4.74 Å². The molecule has 21 heavy (non-hydrogen) atoms. The normalized spacial score (nSPS) is 12.2. The Morgan fingerprint density at radius 1 is 1.19 bits per heavy atom. The Morgan fingerprint density at radius 2 is 1.95 bits per heavy atom. The lowest BCUT2D eigenvalue weighted by atomic mass is 10.1. The zero-order chi connectivity index (χ0) is 15.4. The molecule has 0 saturated carbocycles. The third-order valence-corrected chi connectivity index (χ3v) is 4.03. The maximum atomic E-state index is 14.0. The van der Waals surface area contributed by atoms with Gasteiger partial charge < -0.3 is 10.1 Å². The molecule has 2 rings (SSSR count). The molecule has 0 aliphatic heterocycles. The Balaban J connectivity index is 2.10. The molecule has 0 saturated heterocycles. The van der Waals surface area contributed by atoms with Crippen molar-refractivity contribution in [3.63, 3.8) is 0 Å². The largest absolute Gasteiger partial charge is 0.486 e. The van der Waals surface area contributed by atoms with E-state index in [0.717, 1.165) is 11.1 Å². The molecular weight excluding hydrogens is 340 g/mol. The van der Waals surface area contributed by atoms with Crippen LogP contribution in [-0.4, -0.2) is 7.05 Å². The van der Waals surface area contributed by atoms with Gasteiger partial charge in [0, 0.05) is 16.1 Å². The molecule has 2 nitrogen and oxygen atoms in total. The Bertz CT molecular complexity index is 634. The topological polar surface area (TPSA) is 21.3 Å². The van der Waals surface area contributed by atoms with E-state index in [1.54, 1.807) is 12.1 Å². The summed E-state index contributed by atoms with van der Waals surface area (Å²) in [6.07, 6.45) is 0. The van der Waals surface area contributed by atoms with E-state index >= 15 is 0 Å². The molecule has 0 amide bonds. The summed E-state index contributed by atoms with van der Waals surface area (Å²) in [6, 6.07) is 9.25. The van der Waals surface area contributed by atoms with Gasteiger partial charge >= 0.3 is 0 Å². The summed E-state index contributed by atoms with van der Waals surface area (Å²) >= 11 is 3.26. The summed E-state index contributed by atoms with van der Waals surface area (Å²) in [7, 11) is 1.82. The average Bonchev–Trinajstić information content (AvgIpc) is 2.46. The molecule has 1 unspecified atom stereocenters. The summed E-state index contributed by atoms with van der Waals surface area (Å²) < 4.78 is 33.0. The number of rotatable bonds is 5. The Kier molecular flexibility index (Phi) is 5.31. The van der Waals surface area contributed by atoms with Crippen LogP contribution in [0.4, 0.5) is 8.78 Å². The van der Waals surface area contributed by atoms with Crippen LogP contribution >= 0.6 is 15.9 Å². The highest BCUT2D eigenvalue weighted by molar-refractivity contribution is 9.10. The van der Waals surface area contributed by atoms with Gasteiger partial charge in [-0.3, -0.25) is 0 Å². The predicted octanol–water partition coefficient (Wildman–Crippen LogP) is 4.59. The van der Waals surface area contributed by atoms with E-state index in [2.05, 4.69) is 21.2 Å². The van der Waals surface area contributed by atoms with Crippen LogP contribution in [0.15, 0.2) is 40.9 Å². The molecule has 1 atom stereocenters. The number of halogens is 3. The molecule has 0 aromatic heterocycles.